The van der Waals surface area contributed by atoms with Crippen LogP contribution in [0.3, 0.4) is 0 Å². The van der Waals surface area contributed by atoms with E-state index >= 15 is 0 Å². The second kappa shape index (κ2) is 11.9. The van der Waals surface area contributed by atoms with Crippen LogP contribution in [0.5, 0.6) is 5.75 Å². The van der Waals surface area contributed by atoms with Gasteiger partial charge in [0.1, 0.15) is 11.6 Å². The van der Waals surface area contributed by atoms with Crippen molar-refractivity contribution in [3.63, 3.8) is 0 Å². The molecule has 0 bridgehead atoms. The van der Waals surface area contributed by atoms with Crippen molar-refractivity contribution in [3.8, 4) is 5.75 Å². The van der Waals surface area contributed by atoms with E-state index in [0.29, 0.717) is 30.5 Å². The maximum absolute atomic E-state index is 12.6. The van der Waals surface area contributed by atoms with Gasteiger partial charge in [-0.3, -0.25) is 4.79 Å². The second-order valence-electron chi connectivity index (χ2n) is 8.75. The number of carbonyl (C=O) groups excluding carboxylic acids is 1. The van der Waals surface area contributed by atoms with Gasteiger partial charge < -0.3 is 14.6 Å². The summed E-state index contributed by atoms with van der Waals surface area (Å²) in [6.07, 6.45) is 3.65. The lowest BCUT2D eigenvalue weighted by atomic mass is 9.98. The summed E-state index contributed by atoms with van der Waals surface area (Å²) in [6, 6.07) is 17.3. The Morgan fingerprint density at radius 2 is 1.89 bits per heavy atom. The number of hydrogen-bond acceptors (Lipinski definition) is 7. The third-order valence-electron chi connectivity index (χ3n) is 6.14. The number of thioether (sulfide) groups is 1. The molecule has 0 spiro atoms. The zero-order valence-electron chi connectivity index (χ0n) is 20.5. The Kier molecular flexibility index (Phi) is 8.65. The number of anilines is 1. The molecule has 2 heterocycles. The van der Waals surface area contributed by atoms with Crippen LogP contribution in [-0.4, -0.2) is 65.6 Å². The van der Waals surface area contributed by atoms with Crippen LogP contribution in [0.15, 0.2) is 59.8 Å². The molecular formula is C25H31N5O4S2. The number of amides is 1. The molecule has 1 unspecified atom stereocenters. The third kappa shape index (κ3) is 6.86. The quantitative estimate of drug-likeness (QED) is 0.401. The first-order valence-corrected chi connectivity index (χ1v) is 14.7. The highest BCUT2D eigenvalue weighted by Gasteiger charge is 2.30. The molecule has 1 fully saturated rings. The van der Waals surface area contributed by atoms with Crippen molar-refractivity contribution >= 4 is 33.4 Å². The number of nitrogens with zero attached hydrogens (tertiary/aromatic N) is 4. The normalized spacial score (nSPS) is 16.6. The SMILES string of the molecule is COc1ccc(NC(=O)CSc2nnc(C3CCCN(S(C)(=O)=O)C3)n2CCc2ccccc2)cc1. The van der Waals surface area contributed by atoms with Crippen LogP contribution in [0.25, 0.3) is 0 Å². The van der Waals surface area contributed by atoms with Gasteiger partial charge in [-0.15, -0.1) is 10.2 Å². The van der Waals surface area contributed by atoms with Crippen LogP contribution >= 0.6 is 11.8 Å². The molecule has 36 heavy (non-hydrogen) atoms. The van der Waals surface area contributed by atoms with Gasteiger partial charge in [-0.1, -0.05) is 42.1 Å². The van der Waals surface area contributed by atoms with E-state index in [1.54, 1.807) is 31.4 Å². The van der Waals surface area contributed by atoms with Crippen LogP contribution in [-0.2, 0) is 27.8 Å². The van der Waals surface area contributed by atoms with Gasteiger partial charge >= 0.3 is 0 Å². The molecule has 1 aliphatic heterocycles. The lowest BCUT2D eigenvalue weighted by Gasteiger charge is -2.30. The number of rotatable bonds is 10. The van der Waals surface area contributed by atoms with Crippen LogP contribution in [0.1, 0.15) is 30.1 Å². The highest BCUT2D eigenvalue weighted by Crippen LogP contribution is 2.30. The molecule has 1 saturated heterocycles. The zero-order valence-corrected chi connectivity index (χ0v) is 22.1. The predicted octanol–water partition coefficient (Wildman–Crippen LogP) is 3.40. The number of nitrogens with one attached hydrogen (secondary N) is 1. The van der Waals surface area contributed by atoms with Crippen molar-refractivity contribution in [2.75, 3.05) is 37.5 Å². The van der Waals surface area contributed by atoms with Gasteiger partial charge in [-0.2, -0.15) is 0 Å². The molecule has 1 aliphatic rings. The molecule has 4 rings (SSSR count). The Balaban J connectivity index is 1.48. The summed E-state index contributed by atoms with van der Waals surface area (Å²) in [5.41, 5.74) is 1.88. The summed E-state index contributed by atoms with van der Waals surface area (Å²) in [7, 11) is -1.68. The number of sulfonamides is 1. The number of benzene rings is 2. The van der Waals surface area contributed by atoms with Crippen molar-refractivity contribution < 1.29 is 17.9 Å². The van der Waals surface area contributed by atoms with E-state index in [0.717, 1.165) is 30.8 Å². The fourth-order valence-corrected chi connectivity index (χ4v) is 5.94. The number of ether oxygens (including phenoxy) is 1. The number of carbonyl (C=O) groups is 1. The van der Waals surface area contributed by atoms with E-state index in [-0.39, 0.29) is 17.6 Å². The number of piperidine rings is 1. The van der Waals surface area contributed by atoms with Crippen LogP contribution in [0, 0.1) is 0 Å². The lowest BCUT2D eigenvalue weighted by Crippen LogP contribution is -2.39. The first kappa shape index (κ1) is 26.2. The molecule has 0 radical (unpaired) electrons. The fraction of sp³-hybridized carbons (Fsp3) is 0.400. The van der Waals surface area contributed by atoms with E-state index in [9.17, 15) is 13.2 Å². The molecule has 1 N–H and O–H groups in total. The molecule has 192 valence electrons. The largest absolute Gasteiger partial charge is 0.497 e. The fourth-order valence-electron chi connectivity index (χ4n) is 4.26. The van der Waals surface area contributed by atoms with Gasteiger partial charge in [0.05, 0.1) is 19.1 Å². The van der Waals surface area contributed by atoms with E-state index in [1.165, 1.54) is 27.9 Å². The first-order valence-electron chi connectivity index (χ1n) is 11.8. The lowest BCUT2D eigenvalue weighted by molar-refractivity contribution is -0.113. The second-order valence-corrected chi connectivity index (χ2v) is 11.7. The van der Waals surface area contributed by atoms with Gasteiger partial charge in [0.15, 0.2) is 5.16 Å². The molecule has 9 nitrogen and oxygen atoms in total. The summed E-state index contributed by atoms with van der Waals surface area (Å²) in [6.45, 7) is 1.57. The monoisotopic (exact) mass is 529 g/mol. The summed E-state index contributed by atoms with van der Waals surface area (Å²) in [5.74, 6) is 1.48. The van der Waals surface area contributed by atoms with Gasteiger partial charge in [0.25, 0.3) is 0 Å². The van der Waals surface area contributed by atoms with E-state index in [1.807, 2.05) is 18.2 Å². The Morgan fingerprint density at radius 1 is 1.14 bits per heavy atom. The molecule has 1 aromatic heterocycles. The highest BCUT2D eigenvalue weighted by molar-refractivity contribution is 7.99. The number of hydrogen-bond donors (Lipinski definition) is 1. The van der Waals surface area contributed by atoms with Crippen LogP contribution in [0.4, 0.5) is 5.69 Å². The van der Waals surface area contributed by atoms with E-state index in [2.05, 4.69) is 32.2 Å². The Morgan fingerprint density at radius 3 is 2.58 bits per heavy atom. The van der Waals surface area contributed by atoms with Crippen molar-refractivity contribution in [1.82, 2.24) is 19.1 Å². The molecule has 2 aromatic carbocycles. The summed E-state index contributed by atoms with van der Waals surface area (Å²) < 4.78 is 33.0. The average molecular weight is 530 g/mol. The molecule has 0 aliphatic carbocycles. The van der Waals surface area contributed by atoms with E-state index < -0.39 is 10.0 Å². The van der Waals surface area contributed by atoms with Crippen molar-refractivity contribution in [1.29, 1.82) is 0 Å². The van der Waals surface area contributed by atoms with E-state index in [4.69, 9.17) is 4.74 Å². The van der Waals surface area contributed by atoms with Gasteiger partial charge in [-0.05, 0) is 49.1 Å². The van der Waals surface area contributed by atoms with Gasteiger partial charge in [-0.25, -0.2) is 12.7 Å². The van der Waals surface area contributed by atoms with Crippen LogP contribution in [0.2, 0.25) is 0 Å². The minimum Gasteiger partial charge on any atom is -0.497 e. The molecule has 3 aromatic rings. The number of methoxy groups -OCH3 is 1. The molecule has 1 amide bonds. The minimum atomic E-state index is -3.27. The number of aromatic nitrogens is 3. The van der Waals surface area contributed by atoms with Gasteiger partial charge in [0.2, 0.25) is 15.9 Å². The summed E-state index contributed by atoms with van der Waals surface area (Å²) in [5, 5.41) is 12.4. The summed E-state index contributed by atoms with van der Waals surface area (Å²) in [4.78, 5) is 12.6. The maximum Gasteiger partial charge on any atom is 0.234 e. The highest BCUT2D eigenvalue weighted by atomic mass is 32.2. The molecular weight excluding hydrogens is 498 g/mol. The predicted molar refractivity (Wildman–Crippen MR) is 141 cm³/mol. The van der Waals surface area contributed by atoms with Crippen molar-refractivity contribution in [2.24, 2.45) is 0 Å². The maximum atomic E-state index is 12.6. The third-order valence-corrected chi connectivity index (χ3v) is 8.37. The smallest absolute Gasteiger partial charge is 0.234 e. The Hall–Kier alpha value is -2.89. The van der Waals surface area contributed by atoms with Crippen LogP contribution < -0.4 is 10.1 Å². The molecule has 1 atom stereocenters. The van der Waals surface area contributed by atoms with Crippen molar-refractivity contribution in [2.45, 2.75) is 36.9 Å². The Labute approximate surface area is 216 Å². The minimum absolute atomic E-state index is 0.0424. The first-order chi connectivity index (χ1) is 17.3. The van der Waals surface area contributed by atoms with Crippen molar-refractivity contribution in [3.05, 3.63) is 66.0 Å². The molecule has 0 saturated carbocycles. The Bertz CT molecular complexity index is 1260. The van der Waals surface area contributed by atoms with Gasteiger partial charge in [0, 0.05) is 31.2 Å². The number of aryl methyl sites for hydroxylation is 1. The average Bonchev–Trinajstić information content (AvgIpc) is 3.29. The molecule has 11 heteroatoms. The standard InChI is InChI=1S/C25H31N5O4S2/c1-34-22-12-10-21(11-13-22)26-23(31)18-35-25-28-27-24(20-9-6-15-29(17-20)36(2,32)33)30(25)16-14-19-7-4-3-5-8-19/h3-5,7-8,10-13,20H,6,9,14-18H2,1-2H3,(H,26,31). The topological polar surface area (TPSA) is 106 Å². The summed E-state index contributed by atoms with van der Waals surface area (Å²) >= 11 is 1.33. The zero-order chi connectivity index (χ0) is 25.5.